The van der Waals surface area contributed by atoms with Crippen LogP contribution in [0.3, 0.4) is 0 Å². The van der Waals surface area contributed by atoms with Crippen LogP contribution in [0.2, 0.25) is 0 Å². The molecule has 5 heteroatoms. The van der Waals surface area contributed by atoms with Crippen molar-refractivity contribution in [1.82, 2.24) is 0 Å². The first kappa shape index (κ1) is 15.9. The molecule has 0 heterocycles. The summed E-state index contributed by atoms with van der Waals surface area (Å²) in [7, 11) is 1.37. The third-order valence-electron chi connectivity index (χ3n) is 2.48. The number of esters is 1. The van der Waals surface area contributed by atoms with Crippen LogP contribution >= 0.6 is 12.4 Å². The number of rotatable bonds is 5. The van der Waals surface area contributed by atoms with Gasteiger partial charge >= 0.3 is 5.97 Å². The molecule has 1 rings (SSSR count). The number of hydrogen-bond donors (Lipinski definition) is 2. The Morgan fingerprint density at radius 3 is 2.65 bits per heavy atom. The number of benzene rings is 1. The first-order valence-electron chi connectivity index (χ1n) is 5.33. The fourth-order valence-electron chi connectivity index (χ4n) is 1.61. The molecule has 0 saturated carbocycles. The van der Waals surface area contributed by atoms with E-state index >= 15 is 0 Å². The zero-order valence-corrected chi connectivity index (χ0v) is 10.7. The Labute approximate surface area is 108 Å². The van der Waals surface area contributed by atoms with Gasteiger partial charge in [0.2, 0.25) is 0 Å². The van der Waals surface area contributed by atoms with Gasteiger partial charge in [-0.05, 0) is 31.0 Å². The lowest BCUT2D eigenvalue weighted by Gasteiger charge is -2.14. The maximum Gasteiger partial charge on any atom is 0.338 e. The van der Waals surface area contributed by atoms with Gasteiger partial charge in [0.05, 0.1) is 12.7 Å². The normalized spacial score (nSPS) is 11.5. The van der Waals surface area contributed by atoms with Gasteiger partial charge in [-0.15, -0.1) is 12.4 Å². The molecule has 96 valence electrons. The number of carbonyl (C=O) groups excluding carboxylic acids is 1. The Morgan fingerprint density at radius 1 is 1.41 bits per heavy atom. The largest absolute Gasteiger partial charge is 0.465 e. The van der Waals surface area contributed by atoms with Crippen LogP contribution < -0.4 is 11.5 Å². The van der Waals surface area contributed by atoms with Crippen molar-refractivity contribution in [3.63, 3.8) is 0 Å². The number of hydrogen-bond acceptors (Lipinski definition) is 4. The monoisotopic (exact) mass is 258 g/mol. The summed E-state index contributed by atoms with van der Waals surface area (Å²) in [6.45, 7) is 0.605. The molecule has 0 spiro atoms. The summed E-state index contributed by atoms with van der Waals surface area (Å²) in [6.07, 6.45) is 1.61. The maximum atomic E-state index is 11.5. The molecule has 1 aromatic rings. The molecule has 0 fully saturated rings. The Hall–Kier alpha value is -1.10. The predicted molar refractivity (Wildman–Crippen MR) is 70.2 cm³/mol. The zero-order valence-electron chi connectivity index (χ0n) is 9.89. The average Bonchev–Trinajstić information content (AvgIpc) is 2.35. The molecule has 0 saturated heterocycles. The van der Waals surface area contributed by atoms with Crippen LogP contribution in [0.25, 0.3) is 0 Å². The molecule has 0 bridgehead atoms. The molecular weight excluding hydrogens is 240 g/mol. The van der Waals surface area contributed by atoms with Gasteiger partial charge in [0.25, 0.3) is 0 Å². The number of halogens is 1. The quantitative estimate of drug-likeness (QED) is 0.787. The van der Waals surface area contributed by atoms with Crippen LogP contribution in [0.1, 0.15) is 34.8 Å². The van der Waals surface area contributed by atoms with Crippen molar-refractivity contribution >= 4 is 18.4 Å². The van der Waals surface area contributed by atoms with Gasteiger partial charge in [-0.1, -0.05) is 18.2 Å². The minimum Gasteiger partial charge on any atom is -0.465 e. The van der Waals surface area contributed by atoms with Crippen molar-refractivity contribution in [2.24, 2.45) is 11.5 Å². The summed E-state index contributed by atoms with van der Waals surface area (Å²) in [6, 6.07) is 7.07. The van der Waals surface area contributed by atoms with Crippen LogP contribution in [0.5, 0.6) is 0 Å². The second kappa shape index (κ2) is 8.06. The van der Waals surface area contributed by atoms with Crippen molar-refractivity contribution in [2.75, 3.05) is 13.7 Å². The second-order valence-corrected chi connectivity index (χ2v) is 3.62. The van der Waals surface area contributed by atoms with Crippen LogP contribution in [-0.2, 0) is 4.74 Å². The lowest BCUT2D eigenvalue weighted by molar-refractivity contribution is 0.0599. The van der Waals surface area contributed by atoms with Crippen LogP contribution in [-0.4, -0.2) is 19.6 Å². The SMILES string of the molecule is COC(=O)c1ccccc1[C@@H](N)CCCN.Cl. The molecule has 17 heavy (non-hydrogen) atoms. The van der Waals surface area contributed by atoms with Gasteiger partial charge in [-0.2, -0.15) is 0 Å². The van der Waals surface area contributed by atoms with Gasteiger partial charge in [0.15, 0.2) is 0 Å². The van der Waals surface area contributed by atoms with Gasteiger partial charge in [-0.25, -0.2) is 4.79 Å². The number of nitrogens with two attached hydrogens (primary N) is 2. The van der Waals surface area contributed by atoms with Crippen LogP contribution in [0.15, 0.2) is 24.3 Å². The summed E-state index contributed by atoms with van der Waals surface area (Å²) >= 11 is 0. The Morgan fingerprint density at radius 2 is 2.06 bits per heavy atom. The van der Waals surface area contributed by atoms with Crippen LogP contribution in [0, 0.1) is 0 Å². The molecular formula is C12H19ClN2O2. The highest BCUT2D eigenvalue weighted by Crippen LogP contribution is 2.20. The maximum absolute atomic E-state index is 11.5. The molecule has 0 aliphatic carbocycles. The van der Waals surface area contributed by atoms with E-state index in [1.165, 1.54) is 7.11 Å². The van der Waals surface area contributed by atoms with Gasteiger partial charge < -0.3 is 16.2 Å². The predicted octanol–water partition coefficient (Wildman–Crippen LogP) is 1.63. The fraction of sp³-hybridized carbons (Fsp3) is 0.417. The highest BCUT2D eigenvalue weighted by atomic mass is 35.5. The topological polar surface area (TPSA) is 78.3 Å². The molecule has 0 radical (unpaired) electrons. The third-order valence-corrected chi connectivity index (χ3v) is 2.48. The standard InChI is InChI=1S/C12H18N2O2.ClH/c1-16-12(15)10-6-3-2-5-9(10)11(14)7-4-8-13;/h2-3,5-6,11H,4,7-8,13-14H2,1H3;1H/t11-;/m0./s1. The van der Waals surface area contributed by atoms with E-state index in [1.807, 2.05) is 12.1 Å². The third kappa shape index (κ3) is 4.34. The average molecular weight is 259 g/mol. The van der Waals surface area contributed by atoms with Crippen molar-refractivity contribution in [3.8, 4) is 0 Å². The van der Waals surface area contributed by atoms with E-state index in [9.17, 15) is 4.79 Å². The van der Waals surface area contributed by atoms with Crippen molar-refractivity contribution in [2.45, 2.75) is 18.9 Å². The number of ether oxygens (including phenoxy) is 1. The van der Waals surface area contributed by atoms with Crippen molar-refractivity contribution in [3.05, 3.63) is 35.4 Å². The fourth-order valence-corrected chi connectivity index (χ4v) is 1.61. The smallest absolute Gasteiger partial charge is 0.338 e. The highest BCUT2D eigenvalue weighted by molar-refractivity contribution is 5.91. The molecule has 0 aliphatic heterocycles. The summed E-state index contributed by atoms with van der Waals surface area (Å²) in [5.74, 6) is -0.348. The Kier molecular flexibility index (Phi) is 7.54. The zero-order chi connectivity index (χ0) is 12.0. The van der Waals surface area contributed by atoms with Crippen LogP contribution in [0.4, 0.5) is 0 Å². The molecule has 0 unspecified atom stereocenters. The minimum atomic E-state index is -0.348. The lowest BCUT2D eigenvalue weighted by Crippen LogP contribution is -2.17. The first-order valence-corrected chi connectivity index (χ1v) is 5.33. The summed E-state index contributed by atoms with van der Waals surface area (Å²) in [4.78, 5) is 11.5. The molecule has 4 nitrogen and oxygen atoms in total. The van der Waals surface area contributed by atoms with E-state index in [2.05, 4.69) is 0 Å². The molecule has 1 aromatic carbocycles. The molecule has 4 N–H and O–H groups in total. The van der Waals surface area contributed by atoms with Gasteiger partial charge in [0, 0.05) is 6.04 Å². The molecule has 0 aliphatic rings. The number of carbonyl (C=O) groups is 1. The van der Waals surface area contributed by atoms with E-state index in [4.69, 9.17) is 16.2 Å². The van der Waals surface area contributed by atoms with Gasteiger partial charge in [-0.3, -0.25) is 0 Å². The summed E-state index contributed by atoms with van der Waals surface area (Å²) in [5.41, 5.74) is 12.8. The Balaban J connectivity index is 0.00000256. The Bertz CT molecular complexity index is 358. The minimum absolute atomic E-state index is 0. The lowest BCUT2D eigenvalue weighted by atomic mass is 9.97. The highest BCUT2D eigenvalue weighted by Gasteiger charge is 2.15. The van der Waals surface area contributed by atoms with Gasteiger partial charge in [0.1, 0.15) is 0 Å². The van der Waals surface area contributed by atoms with Crippen molar-refractivity contribution < 1.29 is 9.53 Å². The van der Waals surface area contributed by atoms with Crippen molar-refractivity contribution in [1.29, 1.82) is 0 Å². The second-order valence-electron chi connectivity index (χ2n) is 3.62. The number of methoxy groups -OCH3 is 1. The van der Waals surface area contributed by atoms with E-state index in [-0.39, 0.29) is 24.4 Å². The molecule has 1 atom stereocenters. The molecule has 0 aromatic heterocycles. The van der Waals surface area contributed by atoms with E-state index in [1.54, 1.807) is 12.1 Å². The van der Waals surface area contributed by atoms with E-state index in [0.717, 1.165) is 18.4 Å². The van der Waals surface area contributed by atoms with E-state index in [0.29, 0.717) is 12.1 Å². The summed E-state index contributed by atoms with van der Waals surface area (Å²) < 4.78 is 4.71. The van der Waals surface area contributed by atoms with E-state index < -0.39 is 0 Å². The summed E-state index contributed by atoms with van der Waals surface area (Å²) in [5, 5.41) is 0. The first-order chi connectivity index (χ1) is 7.70. The molecule has 0 amide bonds.